The van der Waals surface area contributed by atoms with Crippen molar-refractivity contribution in [2.24, 2.45) is 0 Å². The van der Waals surface area contributed by atoms with Crippen LogP contribution in [0.2, 0.25) is 0 Å². The summed E-state index contributed by atoms with van der Waals surface area (Å²) in [4.78, 5) is 12.2. The van der Waals surface area contributed by atoms with E-state index >= 15 is 0 Å². The lowest BCUT2D eigenvalue weighted by Crippen LogP contribution is -2.11. The highest BCUT2D eigenvalue weighted by atomic mass is 32.2. The summed E-state index contributed by atoms with van der Waals surface area (Å²) in [6.45, 7) is 5.86. The quantitative estimate of drug-likeness (QED) is 0.306. The Hall–Kier alpha value is -1.66. The number of anilines is 1. The maximum Gasteiger partial charge on any atom is 0.257 e. The van der Waals surface area contributed by atoms with Gasteiger partial charge in [-0.3, -0.25) is 10.1 Å². The molecule has 0 aliphatic rings. The van der Waals surface area contributed by atoms with Crippen LogP contribution < -0.4 is 5.32 Å². The Balaban J connectivity index is 1.89. The number of carbonyl (C=O) groups excluding carboxylic acids is 1. The largest absolute Gasteiger partial charge is 0.296 e. The number of benzene rings is 1. The topological polar surface area (TPSA) is 54.9 Å². The summed E-state index contributed by atoms with van der Waals surface area (Å²) in [6, 6.07) is 7.78. The molecule has 0 unspecified atom stereocenters. The summed E-state index contributed by atoms with van der Waals surface area (Å²) in [5, 5.41) is 11.3. The maximum absolute atomic E-state index is 12.2. The Kier molecular flexibility index (Phi) is 7.29. The molecule has 0 aliphatic heterocycles. The zero-order chi connectivity index (χ0) is 16.5. The van der Waals surface area contributed by atoms with Crippen LogP contribution in [0.15, 0.2) is 41.3 Å². The van der Waals surface area contributed by atoms with Gasteiger partial charge in [0.1, 0.15) is 0 Å². The van der Waals surface area contributed by atoms with Gasteiger partial charge < -0.3 is 0 Å². The van der Waals surface area contributed by atoms with Gasteiger partial charge in [-0.25, -0.2) is 0 Å². The fraction of sp³-hybridized carbons (Fsp3) is 0.353. The van der Waals surface area contributed by atoms with E-state index in [0.717, 1.165) is 16.5 Å². The van der Waals surface area contributed by atoms with Crippen molar-refractivity contribution in [3.05, 3.63) is 48.0 Å². The van der Waals surface area contributed by atoms with Crippen LogP contribution >= 0.6 is 23.1 Å². The molecule has 0 saturated carbocycles. The summed E-state index contributed by atoms with van der Waals surface area (Å²) in [5.41, 5.74) is 1.91. The van der Waals surface area contributed by atoms with Crippen molar-refractivity contribution in [2.45, 2.75) is 36.9 Å². The second kappa shape index (κ2) is 9.47. The third-order valence-electron chi connectivity index (χ3n) is 3.24. The minimum absolute atomic E-state index is 0.151. The van der Waals surface area contributed by atoms with E-state index in [4.69, 9.17) is 0 Å². The Labute approximate surface area is 145 Å². The fourth-order valence-electron chi connectivity index (χ4n) is 2.02. The number of carbonyl (C=O) groups is 1. The molecule has 1 heterocycles. The smallest absolute Gasteiger partial charge is 0.257 e. The van der Waals surface area contributed by atoms with Crippen molar-refractivity contribution in [1.29, 1.82) is 0 Å². The lowest BCUT2D eigenvalue weighted by Gasteiger charge is -2.04. The molecule has 23 heavy (non-hydrogen) atoms. The van der Waals surface area contributed by atoms with Crippen molar-refractivity contribution in [3.8, 4) is 0 Å². The van der Waals surface area contributed by atoms with E-state index in [0.29, 0.717) is 10.7 Å². The average Bonchev–Trinajstić information content (AvgIpc) is 3.01. The van der Waals surface area contributed by atoms with Crippen LogP contribution in [0.4, 0.5) is 5.13 Å². The van der Waals surface area contributed by atoms with Crippen molar-refractivity contribution in [2.75, 3.05) is 11.1 Å². The molecule has 0 atom stereocenters. The highest BCUT2D eigenvalue weighted by Crippen LogP contribution is 2.25. The minimum Gasteiger partial charge on any atom is -0.296 e. The Bertz CT molecular complexity index is 638. The number of aromatic nitrogens is 2. The SMILES string of the molecule is C=CCSc1nnc(NC(=O)c2ccc(CCCCC)cc2)s1. The molecule has 1 aromatic carbocycles. The molecule has 2 rings (SSSR count). The van der Waals surface area contributed by atoms with Gasteiger partial charge in [0.15, 0.2) is 4.34 Å². The van der Waals surface area contributed by atoms with Crippen molar-refractivity contribution < 1.29 is 4.79 Å². The molecule has 0 fully saturated rings. The van der Waals surface area contributed by atoms with Crippen molar-refractivity contribution >= 4 is 34.1 Å². The minimum atomic E-state index is -0.151. The highest BCUT2D eigenvalue weighted by Gasteiger charge is 2.10. The van der Waals surface area contributed by atoms with Gasteiger partial charge in [-0.2, -0.15) is 0 Å². The van der Waals surface area contributed by atoms with Gasteiger partial charge in [0.2, 0.25) is 5.13 Å². The molecule has 6 heteroatoms. The van der Waals surface area contributed by atoms with E-state index in [2.05, 4.69) is 29.0 Å². The second-order valence-electron chi connectivity index (χ2n) is 5.08. The van der Waals surface area contributed by atoms with E-state index in [-0.39, 0.29) is 5.91 Å². The molecular formula is C17H21N3OS2. The van der Waals surface area contributed by atoms with Crippen LogP contribution in [0.3, 0.4) is 0 Å². The summed E-state index contributed by atoms with van der Waals surface area (Å²) in [5.74, 6) is 0.628. The average molecular weight is 348 g/mol. The maximum atomic E-state index is 12.2. The van der Waals surface area contributed by atoms with Crippen LogP contribution in [0.1, 0.15) is 42.1 Å². The van der Waals surface area contributed by atoms with Gasteiger partial charge in [-0.1, -0.05) is 61.1 Å². The Morgan fingerprint density at radius 2 is 2.09 bits per heavy atom. The number of rotatable bonds is 9. The van der Waals surface area contributed by atoms with Crippen LogP contribution in [-0.4, -0.2) is 21.9 Å². The van der Waals surface area contributed by atoms with Gasteiger partial charge in [-0.05, 0) is 30.5 Å². The normalized spacial score (nSPS) is 10.5. The highest BCUT2D eigenvalue weighted by molar-refractivity contribution is 8.01. The number of amides is 1. The monoisotopic (exact) mass is 347 g/mol. The van der Waals surface area contributed by atoms with Crippen LogP contribution in [0, 0.1) is 0 Å². The van der Waals surface area contributed by atoms with Crippen LogP contribution in [-0.2, 0) is 6.42 Å². The first kappa shape index (κ1) is 17.7. The van der Waals surface area contributed by atoms with Crippen LogP contribution in [0.5, 0.6) is 0 Å². The second-order valence-corrected chi connectivity index (χ2v) is 7.33. The van der Waals surface area contributed by atoms with E-state index in [1.165, 1.54) is 36.2 Å². The zero-order valence-electron chi connectivity index (χ0n) is 13.2. The fourth-order valence-corrected chi connectivity index (χ4v) is 3.53. The Morgan fingerprint density at radius 1 is 1.30 bits per heavy atom. The lowest BCUT2D eigenvalue weighted by molar-refractivity contribution is 0.102. The van der Waals surface area contributed by atoms with E-state index < -0.39 is 0 Å². The van der Waals surface area contributed by atoms with E-state index in [9.17, 15) is 4.79 Å². The molecule has 1 aromatic heterocycles. The molecule has 0 aliphatic carbocycles. The first-order valence-corrected chi connectivity index (χ1v) is 9.50. The summed E-state index contributed by atoms with van der Waals surface area (Å²) >= 11 is 2.92. The van der Waals surface area contributed by atoms with Crippen molar-refractivity contribution in [3.63, 3.8) is 0 Å². The van der Waals surface area contributed by atoms with E-state index in [1.54, 1.807) is 11.8 Å². The number of nitrogens with one attached hydrogen (secondary N) is 1. The van der Waals surface area contributed by atoms with Gasteiger partial charge in [0.05, 0.1) is 0 Å². The number of nitrogens with zero attached hydrogens (tertiary/aromatic N) is 2. The summed E-state index contributed by atoms with van der Waals surface area (Å²) < 4.78 is 0.825. The molecule has 1 amide bonds. The van der Waals surface area contributed by atoms with Gasteiger partial charge in [0, 0.05) is 11.3 Å². The van der Waals surface area contributed by atoms with Gasteiger partial charge >= 0.3 is 0 Å². The predicted molar refractivity (Wildman–Crippen MR) is 98.5 cm³/mol. The number of hydrogen-bond acceptors (Lipinski definition) is 5. The van der Waals surface area contributed by atoms with Gasteiger partial charge in [-0.15, -0.1) is 16.8 Å². The molecule has 122 valence electrons. The molecule has 0 radical (unpaired) electrons. The molecule has 0 spiro atoms. The molecule has 0 bridgehead atoms. The molecular weight excluding hydrogens is 326 g/mol. The van der Waals surface area contributed by atoms with Crippen molar-refractivity contribution in [1.82, 2.24) is 10.2 Å². The molecule has 0 saturated heterocycles. The zero-order valence-corrected chi connectivity index (χ0v) is 14.9. The third kappa shape index (κ3) is 5.80. The van der Waals surface area contributed by atoms with E-state index in [1.807, 2.05) is 30.3 Å². The van der Waals surface area contributed by atoms with Crippen LogP contribution in [0.25, 0.3) is 0 Å². The standard InChI is InChI=1S/C17H21N3OS2/c1-3-5-6-7-13-8-10-14(11-9-13)15(21)18-16-19-20-17(23-16)22-12-4-2/h4,8-11H,2-3,5-7,12H2,1H3,(H,18,19,21). The first-order chi connectivity index (χ1) is 11.2. The predicted octanol–water partition coefficient (Wildman–Crippen LogP) is 4.80. The van der Waals surface area contributed by atoms with Gasteiger partial charge in [0.25, 0.3) is 5.91 Å². The number of unbranched alkanes of at least 4 members (excludes halogenated alkanes) is 2. The number of thioether (sulfide) groups is 1. The Morgan fingerprint density at radius 3 is 2.78 bits per heavy atom. The third-order valence-corrected chi connectivity index (χ3v) is 5.20. The number of aryl methyl sites for hydroxylation is 1. The molecule has 1 N–H and O–H groups in total. The lowest BCUT2D eigenvalue weighted by atomic mass is 10.1. The molecule has 2 aromatic rings. The summed E-state index contributed by atoms with van der Waals surface area (Å²) in [7, 11) is 0. The number of hydrogen-bond donors (Lipinski definition) is 1. The molecule has 4 nitrogen and oxygen atoms in total. The first-order valence-electron chi connectivity index (χ1n) is 7.70. The summed E-state index contributed by atoms with van der Waals surface area (Å²) in [6.07, 6.45) is 6.53.